The molecule has 4 amide bonds. The molecule has 11 heteroatoms. The summed E-state index contributed by atoms with van der Waals surface area (Å²) in [5.74, 6) is -3.10. The number of carbonyl (C=O) groups excluding carboxylic acids is 4. The zero-order valence-electron chi connectivity index (χ0n) is 24.1. The van der Waals surface area contributed by atoms with Gasteiger partial charge in [-0.1, -0.05) is 74.5 Å². The van der Waals surface area contributed by atoms with Crippen molar-refractivity contribution in [2.75, 3.05) is 13.1 Å². The number of carbonyl (C=O) groups is 5. The Labute approximate surface area is 246 Å². The van der Waals surface area contributed by atoms with Crippen molar-refractivity contribution < 1.29 is 29.1 Å². The summed E-state index contributed by atoms with van der Waals surface area (Å²) in [6.07, 6.45) is 1.72. The molecule has 0 bridgehead atoms. The maximum atomic E-state index is 13.1. The second kappa shape index (κ2) is 15.7. The number of hydrogen-bond acceptors (Lipinski definition) is 6. The number of amides is 4. The predicted octanol–water partition coefficient (Wildman–Crippen LogP) is 1.01. The van der Waals surface area contributed by atoms with E-state index in [-0.39, 0.29) is 18.9 Å². The highest BCUT2D eigenvalue weighted by Crippen LogP contribution is 2.18. The summed E-state index contributed by atoms with van der Waals surface area (Å²) < 4.78 is 0. The number of likely N-dealkylation sites (tertiary alicyclic amines) is 1. The summed E-state index contributed by atoms with van der Waals surface area (Å²) in [5, 5.41) is 17.5. The van der Waals surface area contributed by atoms with E-state index in [2.05, 4.69) is 16.0 Å². The molecule has 0 spiro atoms. The molecule has 4 atom stereocenters. The summed E-state index contributed by atoms with van der Waals surface area (Å²) in [5.41, 5.74) is 7.75. The van der Waals surface area contributed by atoms with Gasteiger partial charge in [-0.15, -0.1) is 0 Å². The van der Waals surface area contributed by atoms with Crippen LogP contribution in [0.4, 0.5) is 0 Å². The number of carboxylic acid groups (broad SMARTS) is 1. The average molecular weight is 580 g/mol. The van der Waals surface area contributed by atoms with Crippen molar-refractivity contribution >= 4 is 29.6 Å². The highest BCUT2D eigenvalue weighted by Gasteiger charge is 2.36. The van der Waals surface area contributed by atoms with Crippen LogP contribution in [0.2, 0.25) is 0 Å². The lowest BCUT2D eigenvalue weighted by atomic mass is 10.0. The average Bonchev–Trinajstić information content (AvgIpc) is 3.46. The van der Waals surface area contributed by atoms with Crippen molar-refractivity contribution in [1.29, 1.82) is 0 Å². The molecular weight excluding hydrogens is 538 g/mol. The number of hydrogen-bond donors (Lipinski definition) is 5. The molecule has 0 unspecified atom stereocenters. The predicted molar refractivity (Wildman–Crippen MR) is 157 cm³/mol. The van der Waals surface area contributed by atoms with Crippen LogP contribution in [0.1, 0.15) is 44.2 Å². The van der Waals surface area contributed by atoms with Crippen LogP contribution in [0.5, 0.6) is 0 Å². The molecule has 0 aromatic heterocycles. The monoisotopic (exact) mass is 579 g/mol. The van der Waals surface area contributed by atoms with E-state index >= 15 is 0 Å². The van der Waals surface area contributed by atoms with E-state index in [0.29, 0.717) is 32.2 Å². The lowest BCUT2D eigenvalue weighted by Crippen LogP contribution is -2.55. The van der Waals surface area contributed by atoms with E-state index in [4.69, 9.17) is 5.73 Å². The second-order valence-electron chi connectivity index (χ2n) is 11.0. The standard InChI is InChI=1S/C31H41N5O6/c1-20(2)16-24(34-28(38)23(32)17-21-10-5-3-6-11-21)29(39)33-19-27(37)36-15-9-14-26(36)30(40)35-25(31(41)42)18-22-12-7-4-8-13-22/h3-8,10-13,20,23-26H,9,14-19,32H2,1-2H3,(H,33,39)(H,34,38)(H,35,40)(H,41,42)/t23-,24-,25-,26-/m0/s1. The van der Waals surface area contributed by atoms with Crippen LogP contribution in [0, 0.1) is 5.92 Å². The number of nitrogens with zero attached hydrogens (tertiary/aromatic N) is 1. The first-order chi connectivity index (χ1) is 20.0. The fraction of sp³-hybridized carbons (Fsp3) is 0.452. The van der Waals surface area contributed by atoms with Crippen LogP contribution in [0.25, 0.3) is 0 Å². The quantitative estimate of drug-likeness (QED) is 0.222. The van der Waals surface area contributed by atoms with Gasteiger partial charge in [0.1, 0.15) is 18.1 Å². The van der Waals surface area contributed by atoms with Gasteiger partial charge in [0.25, 0.3) is 0 Å². The smallest absolute Gasteiger partial charge is 0.326 e. The van der Waals surface area contributed by atoms with Crippen LogP contribution in [0.15, 0.2) is 60.7 Å². The Kier molecular flexibility index (Phi) is 12.0. The number of benzene rings is 2. The summed E-state index contributed by atoms with van der Waals surface area (Å²) >= 11 is 0. The van der Waals surface area contributed by atoms with E-state index in [1.165, 1.54) is 4.90 Å². The van der Waals surface area contributed by atoms with Gasteiger partial charge in [-0.3, -0.25) is 19.2 Å². The Balaban J connectivity index is 1.56. The first-order valence-corrected chi connectivity index (χ1v) is 14.3. The Bertz CT molecular complexity index is 1220. The number of nitrogens with two attached hydrogens (primary N) is 1. The van der Waals surface area contributed by atoms with Crippen molar-refractivity contribution in [3.8, 4) is 0 Å². The van der Waals surface area contributed by atoms with Gasteiger partial charge in [0.15, 0.2) is 0 Å². The van der Waals surface area contributed by atoms with Crippen molar-refractivity contribution in [3.63, 3.8) is 0 Å². The van der Waals surface area contributed by atoms with Crippen LogP contribution in [-0.2, 0) is 36.8 Å². The maximum Gasteiger partial charge on any atom is 0.326 e. The Hall–Kier alpha value is -4.25. The van der Waals surface area contributed by atoms with Crippen molar-refractivity contribution in [2.24, 2.45) is 11.7 Å². The normalized spacial score (nSPS) is 16.8. The number of nitrogens with one attached hydrogen (secondary N) is 3. The van der Waals surface area contributed by atoms with Crippen LogP contribution in [0.3, 0.4) is 0 Å². The van der Waals surface area contributed by atoms with Gasteiger partial charge >= 0.3 is 5.97 Å². The molecule has 0 aliphatic carbocycles. The van der Waals surface area contributed by atoms with E-state index in [1.807, 2.05) is 50.2 Å². The lowest BCUT2D eigenvalue weighted by molar-refractivity contribution is -0.144. The number of rotatable bonds is 14. The van der Waals surface area contributed by atoms with Crippen LogP contribution in [-0.4, -0.2) is 76.9 Å². The Morgan fingerprint density at radius 1 is 0.881 bits per heavy atom. The van der Waals surface area contributed by atoms with Gasteiger partial charge in [0.05, 0.1) is 12.6 Å². The molecule has 6 N–H and O–H groups in total. The molecule has 3 rings (SSSR count). The summed E-state index contributed by atoms with van der Waals surface area (Å²) in [6, 6.07) is 14.6. The molecule has 1 saturated heterocycles. The van der Waals surface area contributed by atoms with Gasteiger partial charge in [0.2, 0.25) is 23.6 Å². The molecule has 42 heavy (non-hydrogen) atoms. The summed E-state index contributed by atoms with van der Waals surface area (Å²) in [6.45, 7) is 3.77. The molecular formula is C31H41N5O6. The topological polar surface area (TPSA) is 171 Å². The van der Waals surface area contributed by atoms with Crippen molar-refractivity contribution in [1.82, 2.24) is 20.9 Å². The first-order valence-electron chi connectivity index (χ1n) is 14.3. The lowest BCUT2D eigenvalue weighted by Gasteiger charge is -2.26. The maximum absolute atomic E-state index is 13.1. The van der Waals surface area contributed by atoms with Crippen molar-refractivity contribution in [3.05, 3.63) is 71.8 Å². The molecule has 1 aliphatic rings. The van der Waals surface area contributed by atoms with Gasteiger partial charge in [-0.25, -0.2) is 4.79 Å². The molecule has 1 heterocycles. The van der Waals surface area contributed by atoms with Crippen LogP contribution < -0.4 is 21.7 Å². The van der Waals surface area contributed by atoms with Crippen molar-refractivity contribution in [2.45, 2.75) is 70.1 Å². The van der Waals surface area contributed by atoms with Gasteiger partial charge in [-0.05, 0) is 42.7 Å². The minimum absolute atomic E-state index is 0.0758. The summed E-state index contributed by atoms with van der Waals surface area (Å²) in [4.78, 5) is 65.1. The molecule has 11 nitrogen and oxygen atoms in total. The van der Waals surface area contributed by atoms with Gasteiger partial charge in [0, 0.05) is 13.0 Å². The molecule has 0 radical (unpaired) electrons. The third-order valence-electron chi connectivity index (χ3n) is 7.16. The van der Waals surface area contributed by atoms with E-state index in [0.717, 1.165) is 11.1 Å². The largest absolute Gasteiger partial charge is 0.480 e. The zero-order chi connectivity index (χ0) is 30.6. The second-order valence-corrected chi connectivity index (χ2v) is 11.0. The minimum Gasteiger partial charge on any atom is -0.480 e. The molecule has 1 fully saturated rings. The van der Waals surface area contributed by atoms with Gasteiger partial charge in [-0.2, -0.15) is 0 Å². The third-order valence-corrected chi connectivity index (χ3v) is 7.16. The molecule has 0 saturated carbocycles. The third kappa shape index (κ3) is 9.69. The number of aliphatic carboxylic acids is 1. The fourth-order valence-corrected chi connectivity index (χ4v) is 4.99. The van der Waals surface area contributed by atoms with E-state index in [1.54, 1.807) is 24.3 Å². The summed E-state index contributed by atoms with van der Waals surface area (Å²) in [7, 11) is 0. The Morgan fingerprint density at radius 2 is 1.48 bits per heavy atom. The molecule has 2 aromatic carbocycles. The van der Waals surface area contributed by atoms with E-state index in [9.17, 15) is 29.1 Å². The molecule has 1 aliphatic heterocycles. The Morgan fingerprint density at radius 3 is 2.05 bits per heavy atom. The SMILES string of the molecule is CC(C)C[C@H](NC(=O)[C@@H](N)Cc1ccccc1)C(=O)NCC(=O)N1CCC[C@H]1C(=O)N[C@@H](Cc1ccccc1)C(=O)O. The fourth-order valence-electron chi connectivity index (χ4n) is 4.99. The molecule has 226 valence electrons. The van der Waals surface area contributed by atoms with Crippen LogP contribution >= 0.6 is 0 Å². The first kappa shape index (κ1) is 32.3. The minimum atomic E-state index is -1.17. The highest BCUT2D eigenvalue weighted by molar-refractivity contribution is 5.94. The van der Waals surface area contributed by atoms with E-state index < -0.39 is 53.8 Å². The van der Waals surface area contributed by atoms with Gasteiger partial charge < -0.3 is 31.7 Å². The number of carboxylic acids is 1. The zero-order valence-corrected chi connectivity index (χ0v) is 24.1. The highest BCUT2D eigenvalue weighted by atomic mass is 16.4. The molecule has 2 aromatic rings.